The summed E-state index contributed by atoms with van der Waals surface area (Å²) in [5.41, 5.74) is 7.05. The normalized spacial score (nSPS) is 15.9. The minimum Gasteiger partial charge on any atom is -0.354 e. The highest BCUT2D eigenvalue weighted by molar-refractivity contribution is 7.07. The highest BCUT2D eigenvalue weighted by atomic mass is 32.1. The van der Waals surface area contributed by atoms with Gasteiger partial charge in [-0.25, -0.2) is 0 Å². The summed E-state index contributed by atoms with van der Waals surface area (Å²) >= 11 is 1.69. The number of hydrogen-bond acceptors (Lipinski definition) is 4. The lowest BCUT2D eigenvalue weighted by molar-refractivity contribution is -0.125. The molecule has 20 heavy (non-hydrogen) atoms. The van der Waals surface area contributed by atoms with Crippen LogP contribution in [0.1, 0.15) is 39.3 Å². The third kappa shape index (κ3) is 4.58. The standard InChI is InChI=1S/C15H27N3OS/c1-5-18(6-2)14(13-7-8-20-10-13)9-17-15(19)11(3)12(4)16/h7-8,10-12,14H,5-6,9,16H2,1-4H3,(H,17,19). The lowest BCUT2D eigenvalue weighted by atomic mass is 10.0. The van der Waals surface area contributed by atoms with Crippen LogP contribution in [0.3, 0.4) is 0 Å². The average Bonchev–Trinajstić information content (AvgIpc) is 2.95. The molecule has 114 valence electrons. The minimum absolute atomic E-state index is 0.0346. The van der Waals surface area contributed by atoms with E-state index >= 15 is 0 Å². The van der Waals surface area contributed by atoms with Crippen molar-refractivity contribution in [1.29, 1.82) is 0 Å². The summed E-state index contributed by atoms with van der Waals surface area (Å²) in [4.78, 5) is 14.4. The number of hydrogen-bond donors (Lipinski definition) is 2. The fraction of sp³-hybridized carbons (Fsp3) is 0.667. The zero-order chi connectivity index (χ0) is 15.1. The van der Waals surface area contributed by atoms with Crippen molar-refractivity contribution >= 4 is 17.2 Å². The number of carbonyl (C=O) groups excluding carboxylic acids is 1. The first kappa shape index (κ1) is 17.1. The Labute approximate surface area is 126 Å². The Morgan fingerprint density at radius 2 is 2.05 bits per heavy atom. The number of rotatable bonds is 8. The lowest BCUT2D eigenvalue weighted by Gasteiger charge is -2.30. The van der Waals surface area contributed by atoms with Crippen LogP contribution in [0.25, 0.3) is 0 Å². The molecule has 1 aromatic heterocycles. The molecule has 1 rings (SSSR count). The second kappa shape index (κ2) is 8.39. The third-order valence-electron chi connectivity index (χ3n) is 3.85. The van der Waals surface area contributed by atoms with E-state index in [9.17, 15) is 4.79 Å². The molecule has 0 aromatic carbocycles. The van der Waals surface area contributed by atoms with Crippen LogP contribution < -0.4 is 11.1 Å². The molecule has 0 saturated heterocycles. The van der Waals surface area contributed by atoms with Crippen LogP contribution in [0.15, 0.2) is 16.8 Å². The Bertz CT molecular complexity index is 388. The molecule has 3 unspecified atom stereocenters. The number of likely N-dealkylation sites (N-methyl/N-ethyl adjacent to an activating group) is 1. The average molecular weight is 297 g/mol. The van der Waals surface area contributed by atoms with E-state index in [-0.39, 0.29) is 23.9 Å². The van der Waals surface area contributed by atoms with E-state index in [2.05, 4.69) is 40.9 Å². The van der Waals surface area contributed by atoms with Gasteiger partial charge in [-0.3, -0.25) is 9.69 Å². The number of nitrogens with zero attached hydrogens (tertiary/aromatic N) is 1. The number of amides is 1. The van der Waals surface area contributed by atoms with Gasteiger partial charge in [-0.15, -0.1) is 0 Å². The summed E-state index contributed by atoms with van der Waals surface area (Å²) in [7, 11) is 0. The molecule has 0 spiro atoms. The van der Waals surface area contributed by atoms with E-state index in [1.165, 1.54) is 5.56 Å². The van der Waals surface area contributed by atoms with Crippen molar-refractivity contribution in [3.8, 4) is 0 Å². The highest BCUT2D eigenvalue weighted by Crippen LogP contribution is 2.22. The Morgan fingerprint density at radius 3 is 2.50 bits per heavy atom. The molecule has 0 aliphatic rings. The van der Waals surface area contributed by atoms with Crippen molar-refractivity contribution in [2.45, 2.75) is 39.8 Å². The molecule has 0 aliphatic heterocycles. The van der Waals surface area contributed by atoms with Crippen LogP contribution in [-0.4, -0.2) is 36.5 Å². The topological polar surface area (TPSA) is 58.4 Å². The van der Waals surface area contributed by atoms with Gasteiger partial charge < -0.3 is 11.1 Å². The van der Waals surface area contributed by atoms with Crippen LogP contribution in [0.4, 0.5) is 0 Å². The minimum atomic E-state index is -0.158. The molecular weight excluding hydrogens is 270 g/mol. The molecule has 1 aromatic rings. The largest absolute Gasteiger partial charge is 0.354 e. The van der Waals surface area contributed by atoms with Crippen LogP contribution in [0, 0.1) is 5.92 Å². The maximum atomic E-state index is 12.1. The summed E-state index contributed by atoms with van der Waals surface area (Å²) in [6, 6.07) is 2.25. The summed E-state index contributed by atoms with van der Waals surface area (Å²) < 4.78 is 0. The lowest BCUT2D eigenvalue weighted by Crippen LogP contribution is -2.43. The van der Waals surface area contributed by atoms with Gasteiger partial charge >= 0.3 is 0 Å². The number of thiophene rings is 1. The first-order valence-electron chi connectivity index (χ1n) is 7.30. The molecule has 0 saturated carbocycles. The van der Waals surface area contributed by atoms with Gasteiger partial charge in [-0.05, 0) is 42.4 Å². The van der Waals surface area contributed by atoms with E-state index in [4.69, 9.17) is 5.73 Å². The van der Waals surface area contributed by atoms with Crippen LogP contribution in [0.5, 0.6) is 0 Å². The van der Waals surface area contributed by atoms with Crippen molar-refractivity contribution in [2.24, 2.45) is 11.7 Å². The Morgan fingerprint density at radius 1 is 1.40 bits per heavy atom. The van der Waals surface area contributed by atoms with Gasteiger partial charge in [0, 0.05) is 18.5 Å². The first-order valence-corrected chi connectivity index (χ1v) is 8.24. The van der Waals surface area contributed by atoms with Gasteiger partial charge in [0.1, 0.15) is 0 Å². The molecule has 0 radical (unpaired) electrons. The molecule has 0 aliphatic carbocycles. The number of carbonyl (C=O) groups is 1. The summed E-state index contributed by atoms with van der Waals surface area (Å²) in [5.74, 6) is -0.123. The van der Waals surface area contributed by atoms with Crippen molar-refractivity contribution in [2.75, 3.05) is 19.6 Å². The quantitative estimate of drug-likeness (QED) is 0.773. The Kier molecular flexibility index (Phi) is 7.19. The zero-order valence-electron chi connectivity index (χ0n) is 12.9. The van der Waals surface area contributed by atoms with E-state index in [0.717, 1.165) is 13.1 Å². The van der Waals surface area contributed by atoms with Gasteiger partial charge in [0.15, 0.2) is 0 Å². The summed E-state index contributed by atoms with van der Waals surface area (Å²) in [6.07, 6.45) is 0. The second-order valence-electron chi connectivity index (χ2n) is 5.19. The van der Waals surface area contributed by atoms with Gasteiger partial charge in [0.25, 0.3) is 0 Å². The molecule has 3 atom stereocenters. The molecular formula is C15H27N3OS. The van der Waals surface area contributed by atoms with Crippen molar-refractivity contribution in [1.82, 2.24) is 10.2 Å². The molecule has 1 heterocycles. The molecule has 3 N–H and O–H groups in total. The molecule has 4 nitrogen and oxygen atoms in total. The fourth-order valence-corrected chi connectivity index (χ4v) is 2.89. The molecule has 1 amide bonds. The SMILES string of the molecule is CCN(CC)C(CNC(=O)C(C)C(C)N)c1ccsc1. The summed E-state index contributed by atoms with van der Waals surface area (Å²) in [5, 5.41) is 7.28. The van der Waals surface area contributed by atoms with Crippen molar-refractivity contribution in [3.63, 3.8) is 0 Å². The maximum absolute atomic E-state index is 12.1. The highest BCUT2D eigenvalue weighted by Gasteiger charge is 2.22. The molecule has 0 bridgehead atoms. The van der Waals surface area contributed by atoms with Crippen LogP contribution >= 0.6 is 11.3 Å². The van der Waals surface area contributed by atoms with Crippen LogP contribution in [0.2, 0.25) is 0 Å². The van der Waals surface area contributed by atoms with Gasteiger partial charge in [-0.2, -0.15) is 11.3 Å². The molecule has 5 heteroatoms. The smallest absolute Gasteiger partial charge is 0.224 e. The van der Waals surface area contributed by atoms with Crippen molar-refractivity contribution < 1.29 is 4.79 Å². The van der Waals surface area contributed by atoms with Crippen molar-refractivity contribution in [3.05, 3.63) is 22.4 Å². The van der Waals surface area contributed by atoms with E-state index in [1.54, 1.807) is 11.3 Å². The Hall–Kier alpha value is -0.910. The summed E-state index contributed by atoms with van der Waals surface area (Å²) in [6.45, 7) is 10.6. The predicted octanol–water partition coefficient (Wildman–Crippen LogP) is 2.23. The van der Waals surface area contributed by atoms with Gasteiger partial charge in [0.2, 0.25) is 5.91 Å². The predicted molar refractivity (Wildman–Crippen MR) is 85.8 cm³/mol. The number of nitrogens with two attached hydrogens (primary N) is 1. The Balaban J connectivity index is 2.69. The first-order chi connectivity index (χ1) is 9.51. The third-order valence-corrected chi connectivity index (χ3v) is 4.55. The van der Waals surface area contributed by atoms with Gasteiger partial charge in [0.05, 0.1) is 6.04 Å². The second-order valence-corrected chi connectivity index (χ2v) is 5.97. The number of nitrogens with one attached hydrogen (secondary N) is 1. The zero-order valence-corrected chi connectivity index (χ0v) is 13.7. The fourth-order valence-electron chi connectivity index (χ4n) is 2.18. The maximum Gasteiger partial charge on any atom is 0.224 e. The van der Waals surface area contributed by atoms with Crippen LogP contribution in [-0.2, 0) is 4.79 Å². The van der Waals surface area contributed by atoms with E-state index < -0.39 is 0 Å². The van der Waals surface area contributed by atoms with E-state index in [0.29, 0.717) is 6.54 Å². The van der Waals surface area contributed by atoms with E-state index in [1.807, 2.05) is 13.8 Å². The molecule has 0 fully saturated rings. The van der Waals surface area contributed by atoms with Gasteiger partial charge in [-0.1, -0.05) is 20.8 Å². The monoisotopic (exact) mass is 297 g/mol.